The Morgan fingerprint density at radius 3 is 2.40 bits per heavy atom. The van der Waals surface area contributed by atoms with Crippen LogP contribution in [0.15, 0.2) is 0 Å². The number of hydrogen-bond donors (Lipinski definition) is 2. The molecule has 4 unspecified atom stereocenters. The predicted octanol–water partition coefficient (Wildman–Crippen LogP) is 3.40. The van der Waals surface area contributed by atoms with Crippen molar-refractivity contribution in [2.24, 2.45) is 11.8 Å². The van der Waals surface area contributed by atoms with Crippen LogP contribution in [0.3, 0.4) is 0 Å². The number of aliphatic hydroxyl groups is 2. The van der Waals surface area contributed by atoms with Crippen molar-refractivity contribution in [1.82, 2.24) is 0 Å². The Morgan fingerprint density at radius 1 is 1.08 bits per heavy atom. The Balaban J connectivity index is 2.48. The molecule has 0 spiro atoms. The minimum absolute atomic E-state index is 0.00362. The van der Waals surface area contributed by atoms with Crippen LogP contribution in [0.4, 0.5) is 0 Å². The average Bonchev–Trinajstić information content (AvgIpc) is 2.77. The number of hydrogen-bond acceptors (Lipinski definition) is 5. The topological polar surface area (TPSA) is 83.8 Å². The lowest BCUT2D eigenvalue weighted by atomic mass is 9.80. The third-order valence-electron chi connectivity index (χ3n) is 5.62. The van der Waals surface area contributed by atoms with E-state index in [1.54, 1.807) is 6.92 Å². The largest absolute Gasteiger partial charge is 0.469 e. The number of aliphatic hydroxyl groups excluding tert-OH is 1. The number of carbonyl (C=O) groups excluding carboxylic acids is 2. The highest BCUT2D eigenvalue weighted by molar-refractivity contribution is 5.78. The van der Waals surface area contributed by atoms with Gasteiger partial charge in [-0.05, 0) is 44.4 Å². The molecule has 0 amide bonds. The van der Waals surface area contributed by atoms with Gasteiger partial charge in [0.25, 0.3) is 0 Å². The Hall–Kier alpha value is -0.940. The van der Waals surface area contributed by atoms with Gasteiger partial charge in [0, 0.05) is 25.7 Å². The molecule has 0 aromatic rings. The van der Waals surface area contributed by atoms with Crippen LogP contribution < -0.4 is 0 Å². The van der Waals surface area contributed by atoms with Crippen molar-refractivity contribution in [3.8, 4) is 0 Å². The van der Waals surface area contributed by atoms with Crippen LogP contribution in [-0.4, -0.2) is 40.8 Å². The number of unbranched alkanes of at least 4 members (excludes halogenated alkanes) is 3. The van der Waals surface area contributed by atoms with Crippen LogP contribution >= 0.6 is 0 Å². The standard InChI is InChI=1S/C20H36O5/c1-4-5-6-9-15(21)12-13-17-16(18(22)14-20(17,2)24)10-7-8-11-19(23)25-3/h16-18,22,24H,4-14H2,1-3H3. The highest BCUT2D eigenvalue weighted by atomic mass is 16.5. The Kier molecular flexibility index (Phi) is 9.65. The predicted molar refractivity (Wildman–Crippen MR) is 97.1 cm³/mol. The van der Waals surface area contributed by atoms with E-state index in [-0.39, 0.29) is 23.6 Å². The monoisotopic (exact) mass is 356 g/mol. The van der Waals surface area contributed by atoms with Crippen molar-refractivity contribution >= 4 is 11.8 Å². The molecule has 1 saturated carbocycles. The Bertz CT molecular complexity index is 418. The summed E-state index contributed by atoms with van der Waals surface area (Å²) in [7, 11) is 1.38. The van der Waals surface area contributed by atoms with E-state index < -0.39 is 11.7 Å². The molecule has 0 heterocycles. The molecular weight excluding hydrogens is 320 g/mol. The lowest BCUT2D eigenvalue weighted by molar-refractivity contribution is -0.140. The van der Waals surface area contributed by atoms with Crippen LogP contribution in [0, 0.1) is 11.8 Å². The normalized spacial score (nSPS) is 28.9. The van der Waals surface area contributed by atoms with Gasteiger partial charge >= 0.3 is 5.97 Å². The summed E-state index contributed by atoms with van der Waals surface area (Å²) in [6.45, 7) is 3.89. The highest BCUT2D eigenvalue weighted by Crippen LogP contribution is 2.45. The van der Waals surface area contributed by atoms with Gasteiger partial charge in [-0.2, -0.15) is 0 Å². The fourth-order valence-corrected chi connectivity index (χ4v) is 4.14. The second-order valence-corrected chi connectivity index (χ2v) is 7.76. The Labute approximate surface area is 152 Å². The summed E-state index contributed by atoms with van der Waals surface area (Å²) in [4.78, 5) is 23.2. The minimum atomic E-state index is -0.921. The summed E-state index contributed by atoms with van der Waals surface area (Å²) in [6.07, 6.45) is 7.38. The molecule has 0 aromatic carbocycles. The first-order valence-electron chi connectivity index (χ1n) is 9.80. The molecule has 0 aliphatic heterocycles. The smallest absolute Gasteiger partial charge is 0.305 e. The molecule has 0 saturated heterocycles. The number of carbonyl (C=O) groups is 2. The zero-order chi connectivity index (χ0) is 18.9. The second kappa shape index (κ2) is 10.9. The third-order valence-corrected chi connectivity index (χ3v) is 5.62. The summed E-state index contributed by atoms with van der Waals surface area (Å²) in [5.41, 5.74) is -0.921. The molecular formula is C20H36O5. The lowest BCUT2D eigenvalue weighted by Crippen LogP contribution is -2.32. The summed E-state index contributed by atoms with van der Waals surface area (Å²) >= 11 is 0. The quantitative estimate of drug-likeness (QED) is 0.414. The fourth-order valence-electron chi connectivity index (χ4n) is 4.14. The number of methoxy groups -OCH3 is 1. The van der Waals surface area contributed by atoms with Crippen LogP contribution in [-0.2, 0) is 14.3 Å². The second-order valence-electron chi connectivity index (χ2n) is 7.76. The molecule has 1 rings (SSSR count). The average molecular weight is 357 g/mol. The molecule has 146 valence electrons. The molecule has 0 radical (unpaired) electrons. The number of esters is 1. The first kappa shape index (κ1) is 22.1. The van der Waals surface area contributed by atoms with E-state index in [0.29, 0.717) is 32.1 Å². The van der Waals surface area contributed by atoms with E-state index in [1.165, 1.54) is 7.11 Å². The summed E-state index contributed by atoms with van der Waals surface area (Å²) < 4.78 is 4.64. The zero-order valence-corrected chi connectivity index (χ0v) is 16.1. The molecule has 1 fully saturated rings. The number of ketones is 1. The maximum absolute atomic E-state index is 12.0. The van der Waals surface area contributed by atoms with Gasteiger partial charge in [-0.25, -0.2) is 0 Å². The van der Waals surface area contributed by atoms with E-state index in [9.17, 15) is 19.8 Å². The lowest BCUT2D eigenvalue weighted by Gasteiger charge is -2.29. The van der Waals surface area contributed by atoms with Gasteiger partial charge in [0.15, 0.2) is 0 Å². The van der Waals surface area contributed by atoms with Gasteiger partial charge in [0.2, 0.25) is 0 Å². The van der Waals surface area contributed by atoms with Crippen LogP contribution in [0.25, 0.3) is 0 Å². The molecule has 1 aliphatic carbocycles. The molecule has 25 heavy (non-hydrogen) atoms. The van der Waals surface area contributed by atoms with Crippen molar-refractivity contribution in [3.05, 3.63) is 0 Å². The van der Waals surface area contributed by atoms with Gasteiger partial charge in [0.1, 0.15) is 5.78 Å². The molecule has 1 aliphatic rings. The van der Waals surface area contributed by atoms with E-state index in [0.717, 1.165) is 38.5 Å². The highest BCUT2D eigenvalue weighted by Gasteiger charge is 2.48. The molecule has 4 atom stereocenters. The number of ether oxygens (including phenoxy) is 1. The van der Waals surface area contributed by atoms with E-state index in [4.69, 9.17) is 0 Å². The van der Waals surface area contributed by atoms with Crippen LogP contribution in [0.2, 0.25) is 0 Å². The van der Waals surface area contributed by atoms with Gasteiger partial charge < -0.3 is 14.9 Å². The van der Waals surface area contributed by atoms with E-state index in [1.807, 2.05) is 0 Å². The first-order chi connectivity index (χ1) is 11.8. The third kappa shape index (κ3) is 7.45. The summed E-state index contributed by atoms with van der Waals surface area (Å²) in [6, 6.07) is 0. The fraction of sp³-hybridized carbons (Fsp3) is 0.900. The molecule has 0 bridgehead atoms. The first-order valence-corrected chi connectivity index (χ1v) is 9.80. The maximum atomic E-state index is 12.0. The Morgan fingerprint density at radius 2 is 1.76 bits per heavy atom. The van der Waals surface area contributed by atoms with Gasteiger partial charge in [-0.15, -0.1) is 0 Å². The molecule has 2 N–H and O–H groups in total. The van der Waals surface area contributed by atoms with E-state index >= 15 is 0 Å². The van der Waals surface area contributed by atoms with Crippen LogP contribution in [0.5, 0.6) is 0 Å². The van der Waals surface area contributed by atoms with Crippen LogP contribution in [0.1, 0.15) is 84.5 Å². The van der Waals surface area contributed by atoms with Crippen molar-refractivity contribution < 1.29 is 24.5 Å². The number of rotatable bonds is 12. The zero-order valence-electron chi connectivity index (χ0n) is 16.1. The van der Waals surface area contributed by atoms with Gasteiger partial charge in [0.05, 0.1) is 18.8 Å². The van der Waals surface area contributed by atoms with Gasteiger partial charge in [-0.3, -0.25) is 9.59 Å². The van der Waals surface area contributed by atoms with Crippen molar-refractivity contribution in [2.75, 3.05) is 7.11 Å². The molecule has 0 aromatic heterocycles. The SMILES string of the molecule is CCCCCC(=O)CCC1C(CCCCC(=O)OC)C(O)CC1(C)O. The van der Waals surface area contributed by atoms with Crippen molar-refractivity contribution in [2.45, 2.75) is 96.2 Å². The van der Waals surface area contributed by atoms with Gasteiger partial charge in [-0.1, -0.05) is 26.2 Å². The van der Waals surface area contributed by atoms with Crippen molar-refractivity contribution in [3.63, 3.8) is 0 Å². The summed E-state index contributed by atoms with van der Waals surface area (Å²) in [5.74, 6) is -0.0184. The summed E-state index contributed by atoms with van der Waals surface area (Å²) in [5, 5.41) is 21.0. The molecule has 5 nitrogen and oxygen atoms in total. The minimum Gasteiger partial charge on any atom is -0.469 e. The molecule has 5 heteroatoms. The number of Topliss-reactive ketones (excluding diaryl/α,β-unsaturated/α-hetero) is 1. The van der Waals surface area contributed by atoms with Crippen molar-refractivity contribution in [1.29, 1.82) is 0 Å². The van der Waals surface area contributed by atoms with E-state index in [2.05, 4.69) is 11.7 Å². The maximum Gasteiger partial charge on any atom is 0.305 e.